The predicted octanol–water partition coefficient (Wildman–Crippen LogP) is 0.175. The van der Waals surface area contributed by atoms with Crippen molar-refractivity contribution in [2.75, 3.05) is 38.0 Å². The number of nitrogens with zero attached hydrogens (tertiary/aromatic N) is 1. The number of hydrogen-bond acceptors (Lipinski definition) is 3. The van der Waals surface area contributed by atoms with Crippen molar-refractivity contribution in [1.82, 2.24) is 5.16 Å². The first kappa shape index (κ1) is 18.9. The van der Waals surface area contributed by atoms with E-state index in [0.717, 1.165) is 61.0 Å². The van der Waals surface area contributed by atoms with Crippen LogP contribution in [0.2, 0.25) is 5.02 Å². The zero-order chi connectivity index (χ0) is 18.7. The van der Waals surface area contributed by atoms with E-state index < -0.39 is 0 Å². The molecule has 0 saturated carbocycles. The molecule has 6 nitrogen and oxygen atoms in total. The Balaban J connectivity index is 1.48. The summed E-state index contributed by atoms with van der Waals surface area (Å²) >= 11 is 6.28. The maximum atomic E-state index is 12.4. The second-order valence-corrected chi connectivity index (χ2v) is 7.68. The number of rotatable bonds is 5. The van der Waals surface area contributed by atoms with Crippen LogP contribution in [0.1, 0.15) is 22.6 Å². The predicted molar refractivity (Wildman–Crippen MR) is 101 cm³/mol. The van der Waals surface area contributed by atoms with Gasteiger partial charge in [0.05, 0.1) is 10.7 Å². The van der Waals surface area contributed by atoms with Crippen molar-refractivity contribution in [3.63, 3.8) is 0 Å². The number of piperazine rings is 1. The van der Waals surface area contributed by atoms with Gasteiger partial charge in [-0.25, -0.2) is 0 Å². The number of aromatic nitrogens is 1. The van der Waals surface area contributed by atoms with Gasteiger partial charge in [0.15, 0.2) is 6.54 Å². The number of benzene rings is 1. The van der Waals surface area contributed by atoms with Crippen molar-refractivity contribution >= 4 is 23.2 Å². The smallest absolute Gasteiger partial charge is 0.279 e. The van der Waals surface area contributed by atoms with Gasteiger partial charge < -0.3 is 19.6 Å². The van der Waals surface area contributed by atoms with Gasteiger partial charge >= 0.3 is 0 Å². The molecule has 1 aliphatic rings. The van der Waals surface area contributed by atoms with E-state index in [0.29, 0.717) is 11.6 Å². The highest BCUT2D eigenvalue weighted by atomic mass is 35.5. The normalized spacial score (nSPS) is 20.2. The quantitative estimate of drug-likeness (QED) is 0.695. The summed E-state index contributed by atoms with van der Waals surface area (Å²) in [6.45, 7) is 11.2. The molecule has 3 rings (SSSR count). The van der Waals surface area contributed by atoms with E-state index in [4.69, 9.17) is 16.1 Å². The molecule has 1 amide bonds. The van der Waals surface area contributed by atoms with Gasteiger partial charge in [0.1, 0.15) is 44.2 Å². The van der Waals surface area contributed by atoms with E-state index in [1.807, 2.05) is 39.0 Å². The molecule has 0 bridgehead atoms. The Bertz CT molecular complexity index is 759. The van der Waals surface area contributed by atoms with Gasteiger partial charge in [0.25, 0.3) is 5.91 Å². The van der Waals surface area contributed by atoms with Crippen LogP contribution >= 0.6 is 11.6 Å². The van der Waals surface area contributed by atoms with Gasteiger partial charge in [-0.15, -0.1) is 0 Å². The average Bonchev–Trinajstić information content (AvgIpc) is 2.98. The summed E-state index contributed by atoms with van der Waals surface area (Å²) in [5, 5.41) is 7.65. The van der Waals surface area contributed by atoms with Crippen molar-refractivity contribution in [3.05, 3.63) is 45.8 Å². The van der Waals surface area contributed by atoms with Crippen LogP contribution < -0.4 is 15.1 Å². The number of amides is 1. The molecule has 26 heavy (non-hydrogen) atoms. The molecule has 3 N–H and O–H groups in total. The number of nitrogens with one attached hydrogen (secondary N) is 3. The van der Waals surface area contributed by atoms with Gasteiger partial charge in [-0.1, -0.05) is 22.8 Å². The average molecular weight is 379 g/mol. The second-order valence-electron chi connectivity index (χ2n) is 7.27. The Hall–Kier alpha value is -1.89. The van der Waals surface area contributed by atoms with Crippen LogP contribution in [0.3, 0.4) is 0 Å². The molecule has 0 unspecified atom stereocenters. The van der Waals surface area contributed by atoms with Gasteiger partial charge in [0.2, 0.25) is 0 Å². The summed E-state index contributed by atoms with van der Waals surface area (Å²) < 4.78 is 5.13. The standard InChI is InChI=1S/C19H25ClN4O2/c1-13-8-14(2)19(17(20)9-13)21-18(25)12-24-6-4-23(5-7-24)11-16-10-15(3)26-22-16/h8-10H,4-7,11-12H2,1-3H3,(H,21,25)/p+2. The molecule has 2 heterocycles. The summed E-state index contributed by atoms with van der Waals surface area (Å²) in [7, 11) is 0. The molecule has 0 aliphatic carbocycles. The third-order valence-electron chi connectivity index (χ3n) is 4.88. The lowest BCUT2D eigenvalue weighted by atomic mass is 10.1. The third-order valence-corrected chi connectivity index (χ3v) is 5.18. The molecule has 1 aromatic carbocycles. The van der Waals surface area contributed by atoms with Gasteiger partial charge in [-0.3, -0.25) is 4.79 Å². The number of aryl methyl sites for hydroxylation is 3. The van der Waals surface area contributed by atoms with Crippen molar-refractivity contribution in [2.45, 2.75) is 27.3 Å². The summed E-state index contributed by atoms with van der Waals surface area (Å²) in [6, 6.07) is 5.90. The number of quaternary nitrogens is 2. The fraction of sp³-hybridized carbons (Fsp3) is 0.474. The Morgan fingerprint density at radius 1 is 1.15 bits per heavy atom. The van der Waals surface area contributed by atoms with Crippen LogP contribution in [0.4, 0.5) is 5.69 Å². The van der Waals surface area contributed by atoms with Crippen LogP contribution in [0.15, 0.2) is 22.7 Å². The number of carbonyl (C=O) groups excluding carboxylic acids is 1. The van der Waals surface area contributed by atoms with E-state index in [9.17, 15) is 4.79 Å². The Kier molecular flexibility index (Phi) is 5.96. The zero-order valence-electron chi connectivity index (χ0n) is 15.6. The zero-order valence-corrected chi connectivity index (χ0v) is 16.4. The largest absolute Gasteiger partial charge is 0.361 e. The first-order chi connectivity index (χ1) is 12.4. The van der Waals surface area contributed by atoms with E-state index in [1.54, 1.807) is 0 Å². The van der Waals surface area contributed by atoms with Crippen molar-refractivity contribution in [2.24, 2.45) is 0 Å². The molecule has 1 saturated heterocycles. The van der Waals surface area contributed by atoms with Crippen LogP contribution in [0, 0.1) is 20.8 Å². The van der Waals surface area contributed by atoms with Crippen molar-refractivity contribution in [1.29, 1.82) is 0 Å². The first-order valence-electron chi connectivity index (χ1n) is 9.06. The van der Waals surface area contributed by atoms with Gasteiger partial charge in [-0.05, 0) is 38.0 Å². The number of halogens is 1. The molecule has 1 aliphatic heterocycles. The first-order valence-corrected chi connectivity index (χ1v) is 9.44. The minimum atomic E-state index is 0.0180. The van der Waals surface area contributed by atoms with E-state index in [2.05, 4.69) is 10.5 Å². The SMILES string of the molecule is Cc1cc(C)c(NC(=O)C[NH+]2CC[NH+](Cc3cc(C)on3)CC2)c(Cl)c1. The molecule has 2 aromatic rings. The molecule has 1 fully saturated rings. The second kappa shape index (κ2) is 8.20. The lowest BCUT2D eigenvalue weighted by molar-refractivity contribution is -1.02. The Morgan fingerprint density at radius 3 is 2.46 bits per heavy atom. The number of hydrogen-bond donors (Lipinski definition) is 3. The fourth-order valence-electron chi connectivity index (χ4n) is 3.55. The molecular weight excluding hydrogens is 352 g/mol. The highest BCUT2D eigenvalue weighted by Gasteiger charge is 2.26. The molecule has 140 valence electrons. The minimum absolute atomic E-state index is 0.0180. The van der Waals surface area contributed by atoms with Crippen molar-refractivity contribution in [3.8, 4) is 0 Å². The molecule has 1 aromatic heterocycles. The lowest BCUT2D eigenvalue weighted by Crippen LogP contribution is -3.28. The topological polar surface area (TPSA) is 64.0 Å². The molecule has 0 atom stereocenters. The van der Waals surface area contributed by atoms with Crippen LogP contribution in [-0.4, -0.2) is 43.8 Å². The highest BCUT2D eigenvalue weighted by Crippen LogP contribution is 2.27. The van der Waals surface area contributed by atoms with E-state index in [-0.39, 0.29) is 5.91 Å². The van der Waals surface area contributed by atoms with Gasteiger partial charge in [0, 0.05) is 6.07 Å². The van der Waals surface area contributed by atoms with Crippen molar-refractivity contribution < 1.29 is 19.1 Å². The van der Waals surface area contributed by atoms with E-state index >= 15 is 0 Å². The summed E-state index contributed by atoms with van der Waals surface area (Å²) in [5.41, 5.74) is 3.82. The number of anilines is 1. The highest BCUT2D eigenvalue weighted by molar-refractivity contribution is 6.34. The van der Waals surface area contributed by atoms with Crippen LogP contribution in [-0.2, 0) is 11.3 Å². The third kappa shape index (κ3) is 4.84. The fourth-order valence-corrected chi connectivity index (χ4v) is 3.92. The summed E-state index contributed by atoms with van der Waals surface area (Å²) in [6.07, 6.45) is 0. The monoisotopic (exact) mass is 378 g/mol. The Labute approximate surface area is 159 Å². The molecule has 7 heteroatoms. The van der Waals surface area contributed by atoms with E-state index in [1.165, 1.54) is 9.80 Å². The molecular formula is C19H27ClN4O2+2. The maximum Gasteiger partial charge on any atom is 0.279 e. The molecule has 0 radical (unpaired) electrons. The number of carbonyl (C=O) groups is 1. The maximum absolute atomic E-state index is 12.4. The van der Waals surface area contributed by atoms with Crippen LogP contribution in [0.25, 0.3) is 0 Å². The summed E-state index contributed by atoms with van der Waals surface area (Å²) in [4.78, 5) is 15.2. The lowest BCUT2D eigenvalue weighted by Gasteiger charge is -2.28. The Morgan fingerprint density at radius 2 is 1.85 bits per heavy atom. The minimum Gasteiger partial charge on any atom is -0.361 e. The summed E-state index contributed by atoms with van der Waals surface area (Å²) in [5.74, 6) is 0.870. The van der Waals surface area contributed by atoms with Gasteiger partial charge in [-0.2, -0.15) is 0 Å². The van der Waals surface area contributed by atoms with Crippen LogP contribution in [0.5, 0.6) is 0 Å². The molecule has 0 spiro atoms.